The van der Waals surface area contributed by atoms with E-state index in [1.807, 2.05) is 47.3 Å². The molecule has 2 heterocycles. The Kier molecular flexibility index (Phi) is 7.74. The van der Waals surface area contributed by atoms with Crippen LogP contribution >= 0.6 is 0 Å². The standard InChI is InChI=1S/C29H29N5O4S/c1-33-17-15-30-29(33)39(36,37)32-28(35)12-11-25-10-8-23(21-34-16-4-14-31-34)20-27(25)38-18-13-22-7-9-24-5-2-3-6-26(24)19-22/h2-10,14-17,19-20H,11-13,18,21H2,1H3,(H,32,35). The molecule has 9 nitrogen and oxygen atoms in total. The second kappa shape index (κ2) is 11.5. The second-order valence-corrected chi connectivity index (χ2v) is 10.9. The van der Waals surface area contributed by atoms with Crippen LogP contribution in [-0.4, -0.2) is 40.3 Å². The Morgan fingerprint density at radius 2 is 1.74 bits per heavy atom. The van der Waals surface area contributed by atoms with Crippen molar-refractivity contribution in [2.24, 2.45) is 7.05 Å². The number of nitrogens with zero attached hydrogens (tertiary/aromatic N) is 4. The van der Waals surface area contributed by atoms with Crippen LogP contribution in [0.3, 0.4) is 0 Å². The van der Waals surface area contributed by atoms with Gasteiger partial charge in [0, 0.05) is 44.7 Å². The number of sulfonamides is 1. The lowest BCUT2D eigenvalue weighted by atomic mass is 10.0. The zero-order valence-electron chi connectivity index (χ0n) is 21.5. The Morgan fingerprint density at radius 3 is 2.51 bits per heavy atom. The first kappa shape index (κ1) is 26.2. The van der Waals surface area contributed by atoms with E-state index in [9.17, 15) is 13.2 Å². The summed E-state index contributed by atoms with van der Waals surface area (Å²) in [5, 5.41) is 6.44. The highest BCUT2D eigenvalue weighted by Crippen LogP contribution is 2.24. The van der Waals surface area contributed by atoms with Crippen LogP contribution in [-0.2, 0) is 41.3 Å². The van der Waals surface area contributed by atoms with Crippen LogP contribution in [0.5, 0.6) is 5.75 Å². The molecule has 3 aromatic carbocycles. The summed E-state index contributed by atoms with van der Waals surface area (Å²) in [4.78, 5) is 16.4. The van der Waals surface area contributed by atoms with Crippen molar-refractivity contribution in [1.82, 2.24) is 24.1 Å². The number of imidazole rings is 1. The fourth-order valence-corrected chi connectivity index (χ4v) is 5.53. The first-order valence-corrected chi connectivity index (χ1v) is 14.1. The van der Waals surface area contributed by atoms with Gasteiger partial charge in [0.15, 0.2) is 0 Å². The molecule has 5 aromatic rings. The minimum Gasteiger partial charge on any atom is -0.493 e. The van der Waals surface area contributed by atoms with Crippen LogP contribution in [0, 0.1) is 0 Å². The Hall–Kier alpha value is -4.44. The lowest BCUT2D eigenvalue weighted by Gasteiger charge is -2.14. The number of aryl methyl sites for hydroxylation is 2. The number of carbonyl (C=O) groups excluding carboxylic acids is 1. The molecule has 1 amide bonds. The minimum absolute atomic E-state index is 0.0246. The number of benzene rings is 3. The molecule has 0 aliphatic heterocycles. The molecule has 0 bridgehead atoms. The van der Waals surface area contributed by atoms with Gasteiger partial charge in [-0.3, -0.25) is 9.48 Å². The molecule has 0 aliphatic carbocycles. The van der Waals surface area contributed by atoms with Crippen LogP contribution in [0.15, 0.2) is 96.7 Å². The number of fused-ring (bicyclic) bond motifs is 1. The van der Waals surface area contributed by atoms with Crippen molar-refractivity contribution in [1.29, 1.82) is 0 Å². The molecule has 0 atom stereocenters. The van der Waals surface area contributed by atoms with E-state index < -0.39 is 15.9 Å². The predicted molar refractivity (Wildman–Crippen MR) is 148 cm³/mol. The summed E-state index contributed by atoms with van der Waals surface area (Å²) in [6.45, 7) is 1.03. The average Bonchev–Trinajstić information content (AvgIpc) is 3.60. The van der Waals surface area contributed by atoms with Crippen molar-refractivity contribution in [3.63, 3.8) is 0 Å². The van der Waals surface area contributed by atoms with Crippen molar-refractivity contribution in [3.8, 4) is 5.75 Å². The van der Waals surface area contributed by atoms with Gasteiger partial charge in [-0.2, -0.15) is 13.5 Å². The highest BCUT2D eigenvalue weighted by molar-refractivity contribution is 7.89. The summed E-state index contributed by atoms with van der Waals surface area (Å²) in [6.07, 6.45) is 7.50. The molecule has 39 heavy (non-hydrogen) atoms. The summed E-state index contributed by atoms with van der Waals surface area (Å²) in [5.74, 6) is 0.0564. The lowest BCUT2D eigenvalue weighted by Crippen LogP contribution is -2.32. The maximum absolute atomic E-state index is 12.6. The van der Waals surface area contributed by atoms with Crippen molar-refractivity contribution in [2.75, 3.05) is 6.61 Å². The number of hydrogen-bond acceptors (Lipinski definition) is 6. The fraction of sp³-hybridized carbons (Fsp3) is 0.207. The summed E-state index contributed by atoms with van der Waals surface area (Å²) < 4.78 is 36.5. The third kappa shape index (κ3) is 6.53. The molecule has 1 N–H and O–H groups in total. The molecule has 2 aromatic heterocycles. The number of nitrogens with one attached hydrogen (secondary N) is 1. The highest BCUT2D eigenvalue weighted by Gasteiger charge is 2.22. The highest BCUT2D eigenvalue weighted by atomic mass is 32.2. The smallest absolute Gasteiger partial charge is 0.298 e. The van der Waals surface area contributed by atoms with Gasteiger partial charge in [-0.25, -0.2) is 9.71 Å². The molecule has 0 fully saturated rings. The molecule has 5 rings (SSSR count). The first-order chi connectivity index (χ1) is 18.9. The number of amides is 1. The third-order valence-corrected chi connectivity index (χ3v) is 7.75. The van der Waals surface area contributed by atoms with Gasteiger partial charge in [0.1, 0.15) is 5.75 Å². The largest absolute Gasteiger partial charge is 0.493 e. The van der Waals surface area contributed by atoms with E-state index in [0.717, 1.165) is 17.5 Å². The topological polar surface area (TPSA) is 108 Å². The van der Waals surface area contributed by atoms with E-state index in [-0.39, 0.29) is 11.6 Å². The van der Waals surface area contributed by atoms with Crippen LogP contribution in [0.2, 0.25) is 0 Å². The SMILES string of the molecule is Cn1ccnc1S(=O)(=O)NC(=O)CCc1ccc(Cn2cccn2)cc1OCCc1ccc2ccccc2c1. The molecular weight excluding hydrogens is 514 g/mol. The third-order valence-electron chi connectivity index (χ3n) is 6.38. The van der Waals surface area contributed by atoms with E-state index in [1.54, 1.807) is 13.2 Å². The van der Waals surface area contributed by atoms with Crippen molar-refractivity contribution >= 4 is 26.7 Å². The fourth-order valence-electron chi connectivity index (χ4n) is 4.40. The summed E-state index contributed by atoms with van der Waals surface area (Å²) in [7, 11) is -2.49. The van der Waals surface area contributed by atoms with Gasteiger partial charge in [0.2, 0.25) is 11.1 Å². The van der Waals surface area contributed by atoms with E-state index >= 15 is 0 Å². The lowest BCUT2D eigenvalue weighted by molar-refractivity contribution is -0.119. The molecule has 0 saturated carbocycles. The number of carbonyl (C=O) groups is 1. The van der Waals surface area contributed by atoms with Gasteiger partial charge in [-0.1, -0.05) is 54.6 Å². The summed E-state index contributed by atoms with van der Waals surface area (Å²) in [5.41, 5.74) is 2.99. The Balaban J connectivity index is 1.27. The van der Waals surface area contributed by atoms with Gasteiger partial charge >= 0.3 is 0 Å². The van der Waals surface area contributed by atoms with Gasteiger partial charge in [-0.05, 0) is 46.0 Å². The molecule has 200 valence electrons. The van der Waals surface area contributed by atoms with Gasteiger partial charge < -0.3 is 9.30 Å². The maximum Gasteiger partial charge on any atom is 0.298 e. The van der Waals surface area contributed by atoms with Crippen LogP contribution in [0.1, 0.15) is 23.1 Å². The Labute approximate surface area is 227 Å². The average molecular weight is 544 g/mol. The molecule has 0 unspecified atom stereocenters. The first-order valence-electron chi connectivity index (χ1n) is 12.6. The Morgan fingerprint density at radius 1 is 0.923 bits per heavy atom. The molecule has 0 aliphatic rings. The van der Waals surface area contributed by atoms with E-state index in [1.165, 1.54) is 33.3 Å². The molecule has 0 radical (unpaired) electrons. The molecule has 10 heteroatoms. The quantitative estimate of drug-likeness (QED) is 0.271. The van der Waals surface area contributed by atoms with Gasteiger partial charge in [-0.15, -0.1) is 0 Å². The van der Waals surface area contributed by atoms with Crippen molar-refractivity contribution in [3.05, 3.63) is 108 Å². The maximum atomic E-state index is 12.6. The second-order valence-electron chi connectivity index (χ2n) is 9.28. The normalized spacial score (nSPS) is 11.5. The molecular formula is C29H29N5O4S. The summed E-state index contributed by atoms with van der Waals surface area (Å²) >= 11 is 0. The van der Waals surface area contributed by atoms with E-state index in [2.05, 4.69) is 45.1 Å². The van der Waals surface area contributed by atoms with Gasteiger partial charge in [0.25, 0.3) is 10.0 Å². The van der Waals surface area contributed by atoms with Crippen LogP contribution in [0.25, 0.3) is 10.8 Å². The number of rotatable bonds is 11. The Bertz CT molecular complexity index is 1690. The molecule has 0 spiro atoms. The van der Waals surface area contributed by atoms with E-state index in [0.29, 0.717) is 25.3 Å². The predicted octanol–water partition coefficient (Wildman–Crippen LogP) is 3.88. The monoisotopic (exact) mass is 543 g/mol. The van der Waals surface area contributed by atoms with Crippen LogP contribution in [0.4, 0.5) is 0 Å². The van der Waals surface area contributed by atoms with E-state index in [4.69, 9.17) is 4.74 Å². The van der Waals surface area contributed by atoms with Crippen molar-refractivity contribution < 1.29 is 17.9 Å². The zero-order valence-corrected chi connectivity index (χ0v) is 22.3. The number of aromatic nitrogens is 4. The summed E-state index contributed by atoms with van der Waals surface area (Å²) in [6, 6.07) is 22.3. The zero-order chi connectivity index (χ0) is 27.2. The molecule has 0 saturated heterocycles. The van der Waals surface area contributed by atoms with Crippen LogP contribution < -0.4 is 9.46 Å². The number of ether oxygens (including phenoxy) is 1. The minimum atomic E-state index is -4.05. The number of hydrogen-bond donors (Lipinski definition) is 1. The van der Waals surface area contributed by atoms with Gasteiger partial charge in [0.05, 0.1) is 13.2 Å². The van der Waals surface area contributed by atoms with Crippen molar-refractivity contribution in [2.45, 2.75) is 31.0 Å².